The van der Waals surface area contributed by atoms with Crippen molar-refractivity contribution in [2.45, 2.75) is 32.6 Å². The Morgan fingerprint density at radius 1 is 1.00 bits per heavy atom. The monoisotopic (exact) mass is 427 g/mol. The predicted octanol–water partition coefficient (Wildman–Crippen LogP) is 3.95. The van der Waals surface area contributed by atoms with E-state index in [1.165, 1.54) is 0 Å². The molecule has 7 nitrogen and oxygen atoms in total. The van der Waals surface area contributed by atoms with Crippen LogP contribution in [-0.2, 0) is 27.1 Å². The van der Waals surface area contributed by atoms with Gasteiger partial charge in [0.15, 0.2) is 0 Å². The Bertz CT molecular complexity index is 968. The summed E-state index contributed by atoms with van der Waals surface area (Å²) < 4.78 is 21.8. The zero-order valence-corrected chi connectivity index (χ0v) is 18.1. The van der Waals surface area contributed by atoms with Crippen LogP contribution in [0.2, 0.25) is 0 Å². The van der Waals surface area contributed by atoms with Crippen LogP contribution in [0.25, 0.3) is 10.8 Å². The highest BCUT2D eigenvalue weighted by atomic mass is 16.6. The van der Waals surface area contributed by atoms with Gasteiger partial charge in [-0.25, -0.2) is 9.59 Å². The number of nitrogens with one attached hydrogen (secondary N) is 1. The second kappa shape index (κ2) is 10.8. The molecule has 7 heteroatoms. The van der Waals surface area contributed by atoms with Crippen LogP contribution in [0.15, 0.2) is 36.4 Å². The largest absolute Gasteiger partial charge is 0.496 e. The topological polar surface area (TPSA) is 83.1 Å². The molecule has 2 aromatic rings. The van der Waals surface area contributed by atoms with E-state index < -0.39 is 12.1 Å². The summed E-state index contributed by atoms with van der Waals surface area (Å²) in [7, 11) is 1.68. The molecule has 3 rings (SSSR count). The Hall–Kier alpha value is -3.06. The molecule has 1 aliphatic carbocycles. The third kappa shape index (κ3) is 5.55. The van der Waals surface area contributed by atoms with Crippen LogP contribution in [0.1, 0.15) is 30.9 Å². The second-order valence-corrected chi connectivity index (χ2v) is 7.42. The van der Waals surface area contributed by atoms with E-state index in [9.17, 15) is 9.59 Å². The highest BCUT2D eigenvalue weighted by Crippen LogP contribution is 2.44. The molecule has 0 heterocycles. The number of carbonyl (C=O) groups excluding carboxylic acids is 2. The summed E-state index contributed by atoms with van der Waals surface area (Å²) in [6, 6.07) is 7.82. The standard InChI is InChI=1S/C24H29NO6/c1-16(2)23(26)30-15-14-29-13-12-25-24(27)31-22-19-10-6-4-8-17(19)21(28-3)18-9-5-7-11-20(18)22/h4,6,8,10H,1,5,7,9,11-15H2,2-3H3,(H,25,27). The maximum absolute atomic E-state index is 12.5. The van der Waals surface area contributed by atoms with Crippen molar-refractivity contribution in [1.29, 1.82) is 0 Å². The first kappa shape index (κ1) is 22.6. The van der Waals surface area contributed by atoms with Gasteiger partial charge >= 0.3 is 12.1 Å². The van der Waals surface area contributed by atoms with Crippen LogP contribution >= 0.6 is 0 Å². The van der Waals surface area contributed by atoms with Crippen molar-refractivity contribution >= 4 is 22.8 Å². The van der Waals surface area contributed by atoms with Gasteiger partial charge in [-0.05, 0) is 32.6 Å². The highest BCUT2D eigenvalue weighted by Gasteiger charge is 2.24. The van der Waals surface area contributed by atoms with Gasteiger partial charge in [-0.2, -0.15) is 0 Å². The first-order valence-electron chi connectivity index (χ1n) is 10.5. The summed E-state index contributed by atoms with van der Waals surface area (Å²) in [5.41, 5.74) is 2.52. The Morgan fingerprint density at radius 2 is 1.65 bits per heavy atom. The Balaban J connectivity index is 1.59. The average molecular weight is 427 g/mol. The zero-order valence-electron chi connectivity index (χ0n) is 18.1. The first-order valence-corrected chi connectivity index (χ1v) is 10.5. The average Bonchev–Trinajstić information content (AvgIpc) is 2.78. The fraction of sp³-hybridized carbons (Fsp3) is 0.417. The quantitative estimate of drug-likeness (QED) is 0.371. The maximum Gasteiger partial charge on any atom is 0.412 e. The summed E-state index contributed by atoms with van der Waals surface area (Å²) in [5, 5.41) is 4.52. The van der Waals surface area contributed by atoms with Crippen molar-refractivity contribution in [2.75, 3.05) is 33.5 Å². The molecule has 0 aromatic heterocycles. The Kier molecular flexibility index (Phi) is 7.89. The van der Waals surface area contributed by atoms with Gasteiger partial charge in [0, 0.05) is 34.0 Å². The number of amides is 1. The summed E-state index contributed by atoms with van der Waals surface area (Å²) in [6.07, 6.45) is 3.37. The van der Waals surface area contributed by atoms with Gasteiger partial charge < -0.3 is 24.3 Å². The lowest BCUT2D eigenvalue weighted by Gasteiger charge is -2.24. The molecule has 1 amide bonds. The smallest absolute Gasteiger partial charge is 0.412 e. The number of benzene rings is 2. The van der Waals surface area contributed by atoms with E-state index in [2.05, 4.69) is 11.9 Å². The van der Waals surface area contributed by atoms with Gasteiger partial charge in [0.25, 0.3) is 0 Å². The van der Waals surface area contributed by atoms with Crippen molar-refractivity contribution in [1.82, 2.24) is 5.32 Å². The van der Waals surface area contributed by atoms with Gasteiger partial charge in [-0.3, -0.25) is 0 Å². The molecule has 0 unspecified atom stereocenters. The molecule has 0 saturated carbocycles. The van der Waals surface area contributed by atoms with Gasteiger partial charge in [0.1, 0.15) is 18.1 Å². The summed E-state index contributed by atoms with van der Waals surface area (Å²) in [4.78, 5) is 23.7. The summed E-state index contributed by atoms with van der Waals surface area (Å²) in [5.74, 6) is 1.04. The minimum Gasteiger partial charge on any atom is -0.496 e. The molecule has 0 aliphatic heterocycles. The van der Waals surface area contributed by atoms with Crippen LogP contribution in [0, 0.1) is 0 Å². The van der Waals surface area contributed by atoms with E-state index in [0.717, 1.165) is 53.3 Å². The fourth-order valence-electron chi connectivity index (χ4n) is 3.73. The molecule has 31 heavy (non-hydrogen) atoms. The second-order valence-electron chi connectivity index (χ2n) is 7.42. The molecule has 0 saturated heterocycles. The van der Waals surface area contributed by atoms with Crippen molar-refractivity contribution < 1.29 is 28.5 Å². The molecule has 0 atom stereocenters. The zero-order chi connectivity index (χ0) is 22.2. The third-order valence-electron chi connectivity index (χ3n) is 5.16. The van der Waals surface area contributed by atoms with Crippen molar-refractivity contribution in [3.63, 3.8) is 0 Å². The van der Waals surface area contributed by atoms with Gasteiger partial charge in [-0.15, -0.1) is 0 Å². The van der Waals surface area contributed by atoms with E-state index in [0.29, 0.717) is 11.3 Å². The van der Waals surface area contributed by atoms with Crippen LogP contribution in [0.4, 0.5) is 4.79 Å². The predicted molar refractivity (Wildman–Crippen MR) is 118 cm³/mol. The highest BCUT2D eigenvalue weighted by molar-refractivity contribution is 5.97. The number of ether oxygens (including phenoxy) is 4. The van der Waals surface area contributed by atoms with E-state index >= 15 is 0 Å². The minimum atomic E-state index is -0.527. The molecule has 1 aliphatic rings. The molecular weight excluding hydrogens is 398 g/mol. The first-order chi connectivity index (χ1) is 15.0. The van der Waals surface area contributed by atoms with Crippen LogP contribution < -0.4 is 14.8 Å². The van der Waals surface area contributed by atoms with E-state index in [-0.39, 0.29) is 26.4 Å². The lowest BCUT2D eigenvalue weighted by atomic mass is 9.87. The molecule has 0 bridgehead atoms. The number of methoxy groups -OCH3 is 1. The van der Waals surface area contributed by atoms with Crippen LogP contribution in [-0.4, -0.2) is 45.5 Å². The number of hydrogen-bond donors (Lipinski definition) is 1. The normalized spacial score (nSPS) is 12.7. The number of carbonyl (C=O) groups is 2. The molecule has 2 aromatic carbocycles. The number of hydrogen-bond acceptors (Lipinski definition) is 6. The van der Waals surface area contributed by atoms with E-state index in [1.807, 2.05) is 24.3 Å². The number of rotatable bonds is 9. The van der Waals surface area contributed by atoms with Gasteiger partial charge in [0.05, 0.1) is 20.3 Å². The summed E-state index contributed by atoms with van der Waals surface area (Å²) >= 11 is 0. The molecule has 0 radical (unpaired) electrons. The SMILES string of the molecule is C=C(C)C(=O)OCCOCCNC(=O)Oc1c2c(c(OC)c3ccccc13)CCCC2. The third-order valence-corrected chi connectivity index (χ3v) is 5.16. The molecule has 1 N–H and O–H groups in total. The van der Waals surface area contributed by atoms with Crippen molar-refractivity contribution in [2.24, 2.45) is 0 Å². The van der Waals surface area contributed by atoms with Gasteiger partial charge in [0.2, 0.25) is 0 Å². The minimum absolute atomic E-state index is 0.139. The Morgan fingerprint density at radius 3 is 2.29 bits per heavy atom. The van der Waals surface area contributed by atoms with Crippen LogP contribution in [0.5, 0.6) is 11.5 Å². The number of esters is 1. The molecule has 0 spiro atoms. The van der Waals surface area contributed by atoms with Crippen molar-refractivity contribution in [3.05, 3.63) is 47.5 Å². The Labute approximate surface area is 182 Å². The van der Waals surface area contributed by atoms with Crippen LogP contribution in [0.3, 0.4) is 0 Å². The summed E-state index contributed by atoms with van der Waals surface area (Å²) in [6.45, 7) is 6.04. The molecule has 166 valence electrons. The van der Waals surface area contributed by atoms with E-state index in [4.69, 9.17) is 18.9 Å². The lowest BCUT2D eigenvalue weighted by molar-refractivity contribution is -0.140. The maximum atomic E-state index is 12.5. The fourth-order valence-corrected chi connectivity index (χ4v) is 3.73. The lowest BCUT2D eigenvalue weighted by Crippen LogP contribution is -2.31. The van der Waals surface area contributed by atoms with Gasteiger partial charge in [-0.1, -0.05) is 30.8 Å². The molecular formula is C24H29NO6. The van der Waals surface area contributed by atoms with E-state index in [1.54, 1.807) is 14.0 Å². The number of fused-ring (bicyclic) bond motifs is 2. The van der Waals surface area contributed by atoms with Crippen molar-refractivity contribution in [3.8, 4) is 11.5 Å². The molecule has 0 fully saturated rings.